The highest BCUT2D eigenvalue weighted by Crippen LogP contribution is 2.23. The van der Waals surface area contributed by atoms with E-state index in [0.717, 1.165) is 13.0 Å². The van der Waals surface area contributed by atoms with Gasteiger partial charge in [-0.3, -0.25) is 11.8 Å². The Kier molecular flexibility index (Phi) is 2.49. The molecule has 0 radical (unpaired) electrons. The Balaban J connectivity index is 2.54. The van der Waals surface area contributed by atoms with Gasteiger partial charge in [0.25, 0.3) is 0 Å². The molecule has 0 aliphatic carbocycles. The van der Waals surface area contributed by atoms with Crippen LogP contribution in [0, 0.1) is 13.0 Å². The maximum Gasteiger partial charge on any atom is 0.310 e. The summed E-state index contributed by atoms with van der Waals surface area (Å²) >= 11 is 0. The van der Waals surface area contributed by atoms with Crippen molar-refractivity contribution in [1.82, 2.24) is 4.90 Å². The molecule has 2 atom stereocenters. The molecule has 0 aromatic rings. The molecule has 0 spiro atoms. The van der Waals surface area contributed by atoms with Crippen molar-refractivity contribution in [2.45, 2.75) is 19.4 Å². The molecule has 1 rings (SSSR count). The van der Waals surface area contributed by atoms with Crippen LogP contribution in [0.5, 0.6) is 0 Å². The van der Waals surface area contributed by atoms with E-state index in [1.165, 1.54) is 7.11 Å². The average molecular weight is 156 g/mol. The van der Waals surface area contributed by atoms with Crippen LogP contribution in [0.4, 0.5) is 0 Å². The number of rotatable bonds is 1. The normalized spacial score (nSPS) is 32.3. The van der Waals surface area contributed by atoms with E-state index in [0.29, 0.717) is 0 Å². The van der Waals surface area contributed by atoms with Gasteiger partial charge < -0.3 is 9.64 Å². The number of carbonyl (C=O) groups excluding carboxylic acids is 1. The third-order valence-corrected chi connectivity index (χ3v) is 2.39. The first-order chi connectivity index (χ1) is 5.16. The molecule has 1 fully saturated rings. The Hall–Kier alpha value is -0.570. The Morgan fingerprint density at radius 3 is 2.73 bits per heavy atom. The van der Waals surface area contributed by atoms with Gasteiger partial charge in [0.2, 0.25) is 0 Å². The second-order valence-electron chi connectivity index (χ2n) is 2.97. The summed E-state index contributed by atoms with van der Waals surface area (Å²) in [6, 6.07) is 0.224. The van der Waals surface area contributed by atoms with Crippen molar-refractivity contribution in [2.75, 3.05) is 13.7 Å². The van der Waals surface area contributed by atoms with Crippen LogP contribution >= 0.6 is 0 Å². The van der Waals surface area contributed by atoms with Crippen LogP contribution in [0.3, 0.4) is 0 Å². The second-order valence-corrected chi connectivity index (χ2v) is 2.97. The van der Waals surface area contributed by atoms with Gasteiger partial charge in [0.1, 0.15) is 0 Å². The zero-order valence-corrected chi connectivity index (χ0v) is 7.04. The lowest BCUT2D eigenvalue weighted by Gasteiger charge is -2.25. The molecule has 0 aromatic heterocycles. The molecule has 0 bridgehead atoms. The molecule has 1 saturated heterocycles. The first-order valence-corrected chi connectivity index (χ1v) is 3.81. The molecule has 0 saturated carbocycles. The van der Waals surface area contributed by atoms with Crippen molar-refractivity contribution in [3.8, 4) is 0 Å². The SMILES string of the molecule is [CH2-]N1CC[C@H](C(=O)OC)[C@@H]1C. The molecular formula is C8H14NO2-. The zero-order valence-electron chi connectivity index (χ0n) is 7.04. The van der Waals surface area contributed by atoms with Crippen LogP contribution in [-0.2, 0) is 9.53 Å². The summed E-state index contributed by atoms with van der Waals surface area (Å²) in [5.41, 5.74) is 0. The lowest BCUT2D eigenvalue weighted by molar-refractivity contribution is -0.145. The van der Waals surface area contributed by atoms with Gasteiger partial charge in [-0.15, -0.1) is 0 Å². The van der Waals surface area contributed by atoms with E-state index in [9.17, 15) is 4.79 Å². The highest BCUT2D eigenvalue weighted by Gasteiger charge is 2.31. The third-order valence-electron chi connectivity index (χ3n) is 2.39. The number of nitrogens with zero attached hydrogens (tertiary/aromatic N) is 1. The van der Waals surface area contributed by atoms with Crippen molar-refractivity contribution in [3.05, 3.63) is 7.05 Å². The molecule has 0 N–H and O–H groups in total. The Bertz CT molecular complexity index is 158. The summed E-state index contributed by atoms with van der Waals surface area (Å²) in [4.78, 5) is 13.0. The minimum Gasteiger partial charge on any atom is -0.469 e. The number of carbonyl (C=O) groups is 1. The fourth-order valence-corrected chi connectivity index (χ4v) is 1.47. The van der Waals surface area contributed by atoms with Crippen LogP contribution in [0.1, 0.15) is 13.3 Å². The maximum atomic E-state index is 11.1. The van der Waals surface area contributed by atoms with E-state index in [1.54, 1.807) is 0 Å². The van der Waals surface area contributed by atoms with Gasteiger partial charge >= 0.3 is 5.97 Å². The average Bonchev–Trinajstić information content (AvgIpc) is 2.32. The van der Waals surface area contributed by atoms with Crippen molar-refractivity contribution in [3.63, 3.8) is 0 Å². The summed E-state index contributed by atoms with van der Waals surface area (Å²) in [6.45, 7) is 2.89. The molecule has 3 heteroatoms. The van der Waals surface area contributed by atoms with Crippen LogP contribution < -0.4 is 0 Å². The van der Waals surface area contributed by atoms with Gasteiger partial charge in [-0.1, -0.05) is 6.92 Å². The van der Waals surface area contributed by atoms with E-state index in [4.69, 9.17) is 0 Å². The molecule has 1 heterocycles. The largest absolute Gasteiger partial charge is 0.469 e. The molecule has 0 unspecified atom stereocenters. The first-order valence-electron chi connectivity index (χ1n) is 3.81. The van der Waals surface area contributed by atoms with Gasteiger partial charge in [0.15, 0.2) is 0 Å². The Morgan fingerprint density at radius 1 is 1.73 bits per heavy atom. The van der Waals surface area contributed by atoms with Crippen molar-refractivity contribution in [1.29, 1.82) is 0 Å². The summed E-state index contributed by atoms with van der Waals surface area (Å²) in [5, 5.41) is 0. The molecule has 1 aliphatic heterocycles. The van der Waals surface area contributed by atoms with E-state index in [2.05, 4.69) is 11.8 Å². The summed E-state index contributed by atoms with van der Waals surface area (Å²) in [5.74, 6) is -0.0823. The van der Waals surface area contributed by atoms with Gasteiger partial charge in [-0.2, -0.15) is 0 Å². The topological polar surface area (TPSA) is 29.5 Å². The number of ether oxygens (including phenoxy) is 1. The monoisotopic (exact) mass is 156 g/mol. The lowest BCUT2D eigenvalue weighted by atomic mass is 10.0. The van der Waals surface area contributed by atoms with E-state index in [-0.39, 0.29) is 17.9 Å². The minimum atomic E-state index is -0.108. The molecule has 11 heavy (non-hydrogen) atoms. The van der Waals surface area contributed by atoms with Crippen LogP contribution in [0.15, 0.2) is 0 Å². The van der Waals surface area contributed by atoms with Crippen LogP contribution in [0.2, 0.25) is 0 Å². The molecular weight excluding hydrogens is 142 g/mol. The highest BCUT2D eigenvalue weighted by atomic mass is 16.5. The number of hydrogen-bond acceptors (Lipinski definition) is 3. The van der Waals surface area contributed by atoms with Crippen LogP contribution in [0.25, 0.3) is 0 Å². The zero-order chi connectivity index (χ0) is 8.43. The molecule has 0 amide bonds. The number of likely N-dealkylation sites (tertiary alicyclic amines) is 1. The summed E-state index contributed by atoms with van der Waals surface area (Å²) in [7, 11) is 5.24. The van der Waals surface area contributed by atoms with Gasteiger partial charge in [0.05, 0.1) is 13.0 Å². The Labute approximate surface area is 67.3 Å². The van der Waals surface area contributed by atoms with E-state index in [1.807, 2.05) is 11.8 Å². The molecule has 1 aliphatic rings. The highest BCUT2D eigenvalue weighted by molar-refractivity contribution is 5.73. The maximum absolute atomic E-state index is 11.1. The van der Waals surface area contributed by atoms with Crippen LogP contribution in [-0.4, -0.2) is 30.6 Å². The number of methoxy groups -OCH3 is 1. The smallest absolute Gasteiger partial charge is 0.310 e. The summed E-state index contributed by atoms with van der Waals surface area (Å²) < 4.78 is 4.66. The number of hydrogen-bond donors (Lipinski definition) is 0. The standard InChI is InChI=1S/C8H14NO2/c1-6-7(8(10)11-3)4-5-9(6)2/h6-7H,2,4-5H2,1,3H3/q-1/t6-,7-/m0/s1. The van der Waals surface area contributed by atoms with Gasteiger partial charge in [0, 0.05) is 0 Å². The molecule has 3 nitrogen and oxygen atoms in total. The fraction of sp³-hybridized carbons (Fsp3) is 0.750. The molecule has 0 aromatic carbocycles. The fourth-order valence-electron chi connectivity index (χ4n) is 1.47. The predicted octanol–water partition coefficient (Wildman–Crippen LogP) is 0.661. The summed E-state index contributed by atoms with van der Waals surface area (Å²) in [6.07, 6.45) is 0.872. The quantitative estimate of drug-likeness (QED) is 0.412. The third kappa shape index (κ3) is 1.53. The lowest BCUT2D eigenvalue weighted by Crippen LogP contribution is -2.29. The minimum absolute atomic E-state index is 0.0255. The van der Waals surface area contributed by atoms with Gasteiger partial charge in [-0.25, -0.2) is 0 Å². The second kappa shape index (κ2) is 3.22. The van der Waals surface area contributed by atoms with Gasteiger partial charge in [-0.05, 0) is 19.0 Å². The van der Waals surface area contributed by atoms with Crippen molar-refractivity contribution >= 4 is 5.97 Å². The van der Waals surface area contributed by atoms with Crippen molar-refractivity contribution in [2.24, 2.45) is 5.92 Å². The van der Waals surface area contributed by atoms with E-state index < -0.39 is 0 Å². The first kappa shape index (κ1) is 8.53. The molecule has 64 valence electrons. The predicted molar refractivity (Wildman–Crippen MR) is 41.6 cm³/mol. The van der Waals surface area contributed by atoms with E-state index >= 15 is 0 Å². The Morgan fingerprint density at radius 2 is 2.36 bits per heavy atom. The number of esters is 1. The van der Waals surface area contributed by atoms with Crippen molar-refractivity contribution < 1.29 is 9.53 Å².